The van der Waals surface area contributed by atoms with Gasteiger partial charge in [-0.25, -0.2) is 8.42 Å². The fourth-order valence-corrected chi connectivity index (χ4v) is 5.37. The molecule has 1 N–H and O–H groups in total. The van der Waals surface area contributed by atoms with E-state index in [0.29, 0.717) is 37.4 Å². The number of hydrogen-bond acceptors (Lipinski definition) is 5. The van der Waals surface area contributed by atoms with E-state index < -0.39 is 10.0 Å². The maximum absolute atomic E-state index is 12.9. The van der Waals surface area contributed by atoms with Crippen molar-refractivity contribution in [3.05, 3.63) is 54.1 Å². The van der Waals surface area contributed by atoms with Gasteiger partial charge in [0.25, 0.3) is 0 Å². The zero-order valence-corrected chi connectivity index (χ0v) is 19.0. The summed E-state index contributed by atoms with van der Waals surface area (Å²) in [5.74, 6) is 1.00. The molecule has 1 aliphatic rings. The molecule has 0 bridgehead atoms. The van der Waals surface area contributed by atoms with Crippen molar-refractivity contribution < 1.29 is 22.7 Å². The summed E-state index contributed by atoms with van der Waals surface area (Å²) >= 11 is 0. The van der Waals surface area contributed by atoms with Crippen LogP contribution < -0.4 is 14.8 Å². The normalized spacial score (nSPS) is 16.5. The molecule has 0 spiro atoms. The number of rotatable bonds is 8. The number of hydrogen-bond donors (Lipinski definition) is 1. The number of methoxy groups -OCH3 is 2. The fraction of sp³-hybridized carbons (Fsp3) is 0.435. The minimum absolute atomic E-state index is 0.0432. The maximum Gasteiger partial charge on any atom is 0.243 e. The lowest BCUT2D eigenvalue weighted by atomic mass is 9.95. The highest BCUT2D eigenvalue weighted by Gasteiger charge is 2.32. The fourth-order valence-electron chi connectivity index (χ4n) is 3.88. The summed E-state index contributed by atoms with van der Waals surface area (Å²) in [7, 11) is -0.354. The van der Waals surface area contributed by atoms with Crippen molar-refractivity contribution in [1.29, 1.82) is 0 Å². The van der Waals surface area contributed by atoms with Crippen LogP contribution in [0.1, 0.15) is 37.8 Å². The van der Waals surface area contributed by atoms with Crippen molar-refractivity contribution in [1.82, 2.24) is 9.62 Å². The Bertz CT molecular complexity index is 986. The highest BCUT2D eigenvalue weighted by atomic mass is 32.2. The predicted molar refractivity (Wildman–Crippen MR) is 119 cm³/mol. The third-order valence-corrected chi connectivity index (χ3v) is 7.65. The molecule has 0 saturated carbocycles. The van der Waals surface area contributed by atoms with Crippen molar-refractivity contribution in [2.24, 2.45) is 5.92 Å². The first kappa shape index (κ1) is 23.1. The summed E-state index contributed by atoms with van der Waals surface area (Å²) in [5.41, 5.74) is 0.942. The lowest BCUT2D eigenvalue weighted by molar-refractivity contribution is -0.126. The molecule has 1 heterocycles. The monoisotopic (exact) mass is 446 g/mol. The molecule has 0 radical (unpaired) electrons. The molecule has 8 heteroatoms. The number of carbonyl (C=O) groups excluding carboxylic acids is 1. The van der Waals surface area contributed by atoms with Gasteiger partial charge in [-0.15, -0.1) is 0 Å². The zero-order chi connectivity index (χ0) is 22.4. The highest BCUT2D eigenvalue weighted by Crippen LogP contribution is 2.31. The Kier molecular flexibility index (Phi) is 7.56. The zero-order valence-electron chi connectivity index (χ0n) is 18.2. The topological polar surface area (TPSA) is 84.9 Å². The van der Waals surface area contributed by atoms with E-state index in [9.17, 15) is 13.2 Å². The Morgan fingerprint density at radius 2 is 1.71 bits per heavy atom. The van der Waals surface area contributed by atoms with Gasteiger partial charge in [-0.1, -0.05) is 31.2 Å². The lowest BCUT2D eigenvalue weighted by Gasteiger charge is -2.31. The van der Waals surface area contributed by atoms with Crippen LogP contribution >= 0.6 is 0 Å². The number of sulfonamides is 1. The highest BCUT2D eigenvalue weighted by molar-refractivity contribution is 7.89. The summed E-state index contributed by atoms with van der Waals surface area (Å²) in [4.78, 5) is 13.2. The van der Waals surface area contributed by atoms with Gasteiger partial charge >= 0.3 is 0 Å². The van der Waals surface area contributed by atoms with E-state index >= 15 is 0 Å². The van der Waals surface area contributed by atoms with Gasteiger partial charge in [0.15, 0.2) is 11.5 Å². The average molecular weight is 447 g/mol. The molecule has 0 aliphatic carbocycles. The van der Waals surface area contributed by atoms with E-state index in [1.54, 1.807) is 44.6 Å². The molecule has 3 rings (SSSR count). The molecule has 0 aromatic heterocycles. The average Bonchev–Trinajstić information content (AvgIpc) is 2.82. The van der Waals surface area contributed by atoms with Gasteiger partial charge in [0.1, 0.15) is 0 Å². The molecule has 1 aliphatic heterocycles. The van der Waals surface area contributed by atoms with Crippen molar-refractivity contribution >= 4 is 15.9 Å². The number of piperidine rings is 1. The molecule has 168 valence electrons. The number of ether oxygens (including phenoxy) is 2. The van der Waals surface area contributed by atoms with Gasteiger partial charge in [-0.3, -0.25) is 4.79 Å². The van der Waals surface area contributed by atoms with E-state index in [-0.39, 0.29) is 22.8 Å². The summed E-state index contributed by atoms with van der Waals surface area (Å²) in [6.07, 6.45) is 1.73. The van der Waals surface area contributed by atoms with Gasteiger partial charge < -0.3 is 14.8 Å². The Hall–Kier alpha value is -2.58. The smallest absolute Gasteiger partial charge is 0.243 e. The Morgan fingerprint density at radius 3 is 2.29 bits per heavy atom. The summed E-state index contributed by atoms with van der Waals surface area (Å²) in [5, 5.41) is 3.12. The van der Waals surface area contributed by atoms with Gasteiger partial charge in [-0.2, -0.15) is 4.31 Å². The Balaban J connectivity index is 1.63. The third-order valence-electron chi connectivity index (χ3n) is 5.74. The van der Waals surface area contributed by atoms with Crippen molar-refractivity contribution in [2.75, 3.05) is 27.3 Å². The van der Waals surface area contributed by atoms with Gasteiger partial charge in [0.05, 0.1) is 25.2 Å². The molecule has 31 heavy (non-hydrogen) atoms. The van der Waals surface area contributed by atoms with Crippen molar-refractivity contribution in [2.45, 2.75) is 37.1 Å². The lowest BCUT2D eigenvalue weighted by Crippen LogP contribution is -2.43. The molecule has 1 atom stereocenters. The van der Waals surface area contributed by atoms with Crippen LogP contribution in [-0.4, -0.2) is 45.9 Å². The van der Waals surface area contributed by atoms with E-state index in [0.717, 1.165) is 12.0 Å². The van der Waals surface area contributed by atoms with Crippen LogP contribution in [0.15, 0.2) is 53.4 Å². The quantitative estimate of drug-likeness (QED) is 0.672. The molecule has 1 fully saturated rings. The number of benzene rings is 2. The minimum atomic E-state index is -3.52. The van der Waals surface area contributed by atoms with Crippen LogP contribution in [0.2, 0.25) is 0 Å². The van der Waals surface area contributed by atoms with E-state index in [1.165, 1.54) is 4.31 Å². The first-order valence-electron chi connectivity index (χ1n) is 10.5. The first-order chi connectivity index (χ1) is 14.9. The molecular weight excluding hydrogens is 416 g/mol. The molecule has 7 nitrogen and oxygen atoms in total. The number of carbonyl (C=O) groups is 1. The van der Waals surface area contributed by atoms with Crippen LogP contribution in [0, 0.1) is 5.92 Å². The van der Waals surface area contributed by atoms with Crippen molar-refractivity contribution in [3.63, 3.8) is 0 Å². The van der Waals surface area contributed by atoms with Crippen LogP contribution in [0.25, 0.3) is 0 Å². The van der Waals surface area contributed by atoms with Crippen LogP contribution in [-0.2, 0) is 14.8 Å². The largest absolute Gasteiger partial charge is 0.493 e. The molecule has 0 unspecified atom stereocenters. The number of amides is 1. The summed E-state index contributed by atoms with van der Waals surface area (Å²) in [6, 6.07) is 13.9. The molecular formula is C23H30N2O5S. The Morgan fingerprint density at radius 1 is 1.06 bits per heavy atom. The first-order valence-corrected chi connectivity index (χ1v) is 11.9. The summed E-state index contributed by atoms with van der Waals surface area (Å²) in [6.45, 7) is 2.68. The molecule has 1 saturated heterocycles. The van der Waals surface area contributed by atoms with E-state index in [4.69, 9.17) is 9.47 Å². The van der Waals surface area contributed by atoms with Gasteiger partial charge in [0, 0.05) is 19.0 Å². The maximum atomic E-state index is 12.9. The van der Waals surface area contributed by atoms with E-state index in [2.05, 4.69) is 5.32 Å². The standard InChI is InChI=1S/C23H30N2O5S/c1-4-20(18-10-11-21(29-2)22(16-18)30-3)24-23(26)17-12-14-25(15-13-17)31(27,28)19-8-6-5-7-9-19/h5-11,16-17,20H,4,12-15H2,1-3H3,(H,24,26)/t20-/m1/s1. The van der Waals surface area contributed by atoms with Crippen LogP contribution in [0.3, 0.4) is 0 Å². The second kappa shape index (κ2) is 10.2. The predicted octanol–water partition coefficient (Wildman–Crippen LogP) is 3.37. The van der Waals surface area contributed by atoms with Crippen LogP contribution in [0.5, 0.6) is 11.5 Å². The van der Waals surface area contributed by atoms with Gasteiger partial charge in [0.2, 0.25) is 15.9 Å². The van der Waals surface area contributed by atoms with Gasteiger partial charge in [-0.05, 0) is 49.1 Å². The van der Waals surface area contributed by atoms with E-state index in [1.807, 2.05) is 25.1 Å². The van der Waals surface area contributed by atoms with Crippen molar-refractivity contribution in [3.8, 4) is 11.5 Å². The molecule has 2 aromatic carbocycles. The second-order valence-corrected chi connectivity index (χ2v) is 9.51. The number of nitrogens with zero attached hydrogens (tertiary/aromatic N) is 1. The molecule has 1 amide bonds. The Labute approximate surface area is 184 Å². The third kappa shape index (κ3) is 5.19. The molecule has 2 aromatic rings. The minimum Gasteiger partial charge on any atom is -0.493 e. The SMILES string of the molecule is CC[C@@H](NC(=O)C1CCN(S(=O)(=O)c2ccccc2)CC1)c1ccc(OC)c(OC)c1. The number of nitrogens with one attached hydrogen (secondary N) is 1. The summed E-state index contributed by atoms with van der Waals surface area (Å²) < 4.78 is 37.7. The second-order valence-electron chi connectivity index (χ2n) is 7.58. The van der Waals surface area contributed by atoms with Crippen LogP contribution in [0.4, 0.5) is 0 Å².